The van der Waals surface area contributed by atoms with E-state index < -0.39 is 0 Å². The van der Waals surface area contributed by atoms with E-state index in [2.05, 4.69) is 10.1 Å². The molecule has 1 aromatic heterocycles. The van der Waals surface area contributed by atoms with Crippen LogP contribution in [0.1, 0.15) is 5.56 Å². The number of nitrogens with zero attached hydrogens (tertiary/aromatic N) is 2. The first kappa shape index (κ1) is 12.3. The zero-order valence-corrected chi connectivity index (χ0v) is 10.7. The van der Waals surface area contributed by atoms with Crippen molar-refractivity contribution in [2.45, 2.75) is 6.92 Å². The van der Waals surface area contributed by atoms with Crippen LogP contribution in [0.15, 0.2) is 47.0 Å². The SMILES string of the molecule is Cc1cc(F)ccc1-c1noc(-c2ccccc2O)n1. The number of rotatable bonds is 2. The lowest BCUT2D eigenvalue weighted by Gasteiger charge is -2.00. The minimum atomic E-state index is -0.310. The number of aromatic hydroxyl groups is 1. The number of halogens is 1. The highest BCUT2D eigenvalue weighted by Crippen LogP contribution is 2.29. The molecule has 4 nitrogen and oxygen atoms in total. The smallest absolute Gasteiger partial charge is 0.261 e. The molecule has 0 saturated heterocycles. The molecule has 0 atom stereocenters. The van der Waals surface area contributed by atoms with Crippen molar-refractivity contribution in [2.24, 2.45) is 0 Å². The number of hydrogen-bond donors (Lipinski definition) is 1. The maximum absolute atomic E-state index is 13.1. The summed E-state index contributed by atoms with van der Waals surface area (Å²) in [6.45, 7) is 1.77. The fourth-order valence-electron chi connectivity index (χ4n) is 1.97. The second kappa shape index (κ2) is 4.77. The number of phenolic OH excluding ortho intramolecular Hbond substituents is 1. The third-order valence-electron chi connectivity index (χ3n) is 2.99. The molecule has 0 aliphatic heterocycles. The summed E-state index contributed by atoms with van der Waals surface area (Å²) < 4.78 is 18.2. The van der Waals surface area contributed by atoms with E-state index >= 15 is 0 Å². The number of hydrogen-bond acceptors (Lipinski definition) is 4. The van der Waals surface area contributed by atoms with Crippen molar-refractivity contribution in [3.8, 4) is 28.6 Å². The number of aromatic nitrogens is 2. The number of benzene rings is 2. The number of para-hydroxylation sites is 1. The van der Waals surface area contributed by atoms with Gasteiger partial charge in [-0.2, -0.15) is 4.98 Å². The highest BCUT2D eigenvalue weighted by molar-refractivity contribution is 5.66. The van der Waals surface area contributed by atoms with Crippen LogP contribution in [0.3, 0.4) is 0 Å². The van der Waals surface area contributed by atoms with E-state index in [-0.39, 0.29) is 17.5 Å². The van der Waals surface area contributed by atoms with E-state index in [0.29, 0.717) is 17.0 Å². The van der Waals surface area contributed by atoms with Gasteiger partial charge in [-0.3, -0.25) is 0 Å². The van der Waals surface area contributed by atoms with Gasteiger partial charge in [0.15, 0.2) is 0 Å². The molecule has 20 heavy (non-hydrogen) atoms. The molecule has 2 aromatic carbocycles. The molecule has 0 spiro atoms. The fraction of sp³-hybridized carbons (Fsp3) is 0.0667. The third-order valence-corrected chi connectivity index (χ3v) is 2.99. The van der Waals surface area contributed by atoms with Gasteiger partial charge in [0.2, 0.25) is 5.82 Å². The van der Waals surface area contributed by atoms with Crippen LogP contribution in [0, 0.1) is 12.7 Å². The van der Waals surface area contributed by atoms with Crippen LogP contribution in [-0.2, 0) is 0 Å². The summed E-state index contributed by atoms with van der Waals surface area (Å²) in [5.74, 6) is 0.344. The van der Waals surface area contributed by atoms with Crippen molar-refractivity contribution in [1.29, 1.82) is 0 Å². The molecule has 100 valence electrons. The van der Waals surface area contributed by atoms with Gasteiger partial charge in [0, 0.05) is 5.56 Å². The molecular formula is C15H11FN2O2. The Kier molecular flexibility index (Phi) is 2.95. The van der Waals surface area contributed by atoms with Gasteiger partial charge in [-0.1, -0.05) is 17.3 Å². The Morgan fingerprint density at radius 3 is 2.65 bits per heavy atom. The van der Waals surface area contributed by atoms with Crippen molar-refractivity contribution in [3.63, 3.8) is 0 Å². The Labute approximate surface area is 114 Å². The first-order chi connectivity index (χ1) is 9.65. The van der Waals surface area contributed by atoms with Gasteiger partial charge >= 0.3 is 0 Å². The van der Waals surface area contributed by atoms with Crippen molar-refractivity contribution in [1.82, 2.24) is 10.1 Å². The second-order valence-corrected chi connectivity index (χ2v) is 4.40. The van der Waals surface area contributed by atoms with Crippen LogP contribution in [0.5, 0.6) is 5.75 Å². The minimum Gasteiger partial charge on any atom is -0.507 e. The summed E-state index contributed by atoms with van der Waals surface area (Å²) in [5, 5.41) is 13.6. The van der Waals surface area contributed by atoms with E-state index in [1.54, 1.807) is 37.3 Å². The Balaban J connectivity index is 2.04. The monoisotopic (exact) mass is 270 g/mol. The minimum absolute atomic E-state index is 0.0681. The normalized spacial score (nSPS) is 10.7. The van der Waals surface area contributed by atoms with E-state index in [4.69, 9.17) is 4.52 Å². The Hall–Kier alpha value is -2.69. The lowest BCUT2D eigenvalue weighted by atomic mass is 10.1. The maximum Gasteiger partial charge on any atom is 0.261 e. The van der Waals surface area contributed by atoms with Crippen LogP contribution in [0.4, 0.5) is 4.39 Å². The Morgan fingerprint density at radius 2 is 1.90 bits per heavy atom. The summed E-state index contributed by atoms with van der Waals surface area (Å²) in [4.78, 5) is 4.24. The third kappa shape index (κ3) is 2.14. The molecule has 0 unspecified atom stereocenters. The van der Waals surface area contributed by atoms with Gasteiger partial charge in [0.1, 0.15) is 11.6 Å². The molecule has 0 aliphatic carbocycles. The molecule has 0 bridgehead atoms. The van der Waals surface area contributed by atoms with Crippen LogP contribution in [0.2, 0.25) is 0 Å². The van der Waals surface area contributed by atoms with Crippen molar-refractivity contribution >= 4 is 0 Å². The van der Waals surface area contributed by atoms with Gasteiger partial charge in [-0.05, 0) is 42.8 Å². The maximum atomic E-state index is 13.1. The van der Waals surface area contributed by atoms with Crippen molar-refractivity contribution in [3.05, 3.63) is 53.8 Å². The van der Waals surface area contributed by atoms with Crippen LogP contribution < -0.4 is 0 Å². The average Bonchev–Trinajstić information content (AvgIpc) is 2.88. The molecule has 0 radical (unpaired) electrons. The quantitative estimate of drug-likeness (QED) is 0.773. The molecule has 3 aromatic rings. The standard InChI is InChI=1S/C15H11FN2O2/c1-9-8-10(16)6-7-11(9)14-17-15(20-18-14)12-4-2-3-5-13(12)19/h2-8,19H,1H3. The van der Waals surface area contributed by atoms with Gasteiger partial charge < -0.3 is 9.63 Å². The van der Waals surface area contributed by atoms with Crippen LogP contribution >= 0.6 is 0 Å². The summed E-state index contributed by atoms with van der Waals surface area (Å²) in [7, 11) is 0. The van der Waals surface area contributed by atoms with Crippen molar-refractivity contribution in [2.75, 3.05) is 0 Å². The van der Waals surface area contributed by atoms with Crippen molar-refractivity contribution < 1.29 is 14.0 Å². The molecule has 1 N–H and O–H groups in total. The zero-order chi connectivity index (χ0) is 14.1. The first-order valence-corrected chi connectivity index (χ1v) is 6.04. The summed E-state index contributed by atoms with van der Waals surface area (Å²) in [6, 6.07) is 11.1. The van der Waals surface area contributed by atoms with Gasteiger partial charge in [-0.15, -0.1) is 0 Å². The molecule has 5 heteroatoms. The zero-order valence-electron chi connectivity index (χ0n) is 10.7. The largest absolute Gasteiger partial charge is 0.507 e. The first-order valence-electron chi connectivity index (χ1n) is 6.04. The highest BCUT2D eigenvalue weighted by atomic mass is 19.1. The number of phenols is 1. The van der Waals surface area contributed by atoms with Gasteiger partial charge in [-0.25, -0.2) is 4.39 Å². The molecule has 0 fully saturated rings. The van der Waals surface area contributed by atoms with Crippen LogP contribution in [-0.4, -0.2) is 15.2 Å². The molecule has 1 heterocycles. The molecule has 0 saturated carbocycles. The van der Waals surface area contributed by atoms with Crippen LogP contribution in [0.25, 0.3) is 22.8 Å². The lowest BCUT2D eigenvalue weighted by molar-refractivity contribution is 0.425. The topological polar surface area (TPSA) is 59.2 Å². The molecular weight excluding hydrogens is 259 g/mol. The predicted molar refractivity (Wildman–Crippen MR) is 71.5 cm³/mol. The van der Waals surface area contributed by atoms with E-state index in [0.717, 1.165) is 5.56 Å². The summed E-state index contributed by atoms with van der Waals surface area (Å²) in [6.07, 6.45) is 0. The lowest BCUT2D eigenvalue weighted by Crippen LogP contribution is -1.87. The number of aryl methyl sites for hydroxylation is 1. The molecule has 0 aliphatic rings. The van der Waals surface area contributed by atoms with Gasteiger partial charge in [0.25, 0.3) is 5.89 Å². The summed E-state index contributed by atoms with van der Waals surface area (Å²) >= 11 is 0. The molecule has 3 rings (SSSR count). The van der Waals surface area contributed by atoms with E-state index in [1.807, 2.05) is 0 Å². The fourth-order valence-corrected chi connectivity index (χ4v) is 1.97. The Bertz CT molecular complexity index is 768. The average molecular weight is 270 g/mol. The van der Waals surface area contributed by atoms with E-state index in [9.17, 15) is 9.50 Å². The van der Waals surface area contributed by atoms with E-state index in [1.165, 1.54) is 12.1 Å². The second-order valence-electron chi connectivity index (χ2n) is 4.40. The molecule has 0 amide bonds. The summed E-state index contributed by atoms with van der Waals surface area (Å²) in [5.41, 5.74) is 1.87. The Morgan fingerprint density at radius 1 is 1.10 bits per heavy atom. The predicted octanol–water partition coefficient (Wildman–Crippen LogP) is 3.56. The van der Waals surface area contributed by atoms with Gasteiger partial charge in [0.05, 0.1) is 5.56 Å². The highest BCUT2D eigenvalue weighted by Gasteiger charge is 2.14.